The van der Waals surface area contributed by atoms with E-state index in [0.29, 0.717) is 16.8 Å². The second kappa shape index (κ2) is 8.28. The van der Waals surface area contributed by atoms with Crippen molar-refractivity contribution < 1.29 is 4.42 Å². The Morgan fingerprint density at radius 1 is 1.08 bits per heavy atom. The van der Waals surface area contributed by atoms with Gasteiger partial charge in [-0.1, -0.05) is 49.9 Å². The van der Waals surface area contributed by atoms with Gasteiger partial charge in [0.2, 0.25) is 5.43 Å². The van der Waals surface area contributed by atoms with Gasteiger partial charge in [-0.15, -0.1) is 0 Å². The van der Waals surface area contributed by atoms with Crippen LogP contribution < -0.4 is 10.3 Å². The summed E-state index contributed by atoms with van der Waals surface area (Å²) in [7, 11) is 0. The van der Waals surface area contributed by atoms with Crippen LogP contribution in [0.4, 0.5) is 5.69 Å². The summed E-state index contributed by atoms with van der Waals surface area (Å²) in [5.74, 6) is 0.277. The number of hydrogen-bond donors (Lipinski definition) is 0. The molecule has 1 aliphatic carbocycles. The van der Waals surface area contributed by atoms with E-state index >= 15 is 0 Å². The predicted molar refractivity (Wildman–Crippen MR) is 109 cm³/mol. The lowest BCUT2D eigenvalue weighted by atomic mass is 10.2. The van der Waals surface area contributed by atoms with E-state index in [-0.39, 0.29) is 15.8 Å². The summed E-state index contributed by atoms with van der Waals surface area (Å²) in [5.41, 5.74) is 2.45. The highest BCUT2D eigenvalue weighted by atomic mass is 35.5. The summed E-state index contributed by atoms with van der Waals surface area (Å²) in [6.07, 6.45) is 4.57. The Morgan fingerprint density at radius 2 is 1.77 bits per heavy atom. The molecule has 1 aromatic rings. The number of nitrogens with zero attached hydrogens (tertiary/aromatic N) is 2. The highest BCUT2D eigenvalue weighted by Gasteiger charge is 2.19. The van der Waals surface area contributed by atoms with E-state index in [4.69, 9.17) is 27.6 Å². The van der Waals surface area contributed by atoms with Crippen molar-refractivity contribution in [1.82, 2.24) is 4.98 Å². The Morgan fingerprint density at radius 3 is 2.42 bits per heavy atom. The zero-order chi connectivity index (χ0) is 18.7. The van der Waals surface area contributed by atoms with Gasteiger partial charge in [0.1, 0.15) is 16.2 Å². The Balaban J connectivity index is 2.08. The van der Waals surface area contributed by atoms with Gasteiger partial charge in [0, 0.05) is 24.8 Å². The van der Waals surface area contributed by atoms with Gasteiger partial charge in [0.15, 0.2) is 11.3 Å². The first-order valence-electron chi connectivity index (χ1n) is 9.02. The second-order valence-electron chi connectivity index (χ2n) is 6.41. The van der Waals surface area contributed by atoms with Crippen LogP contribution in [0.2, 0.25) is 10.0 Å². The Labute approximate surface area is 163 Å². The molecular weight excluding hydrogens is 371 g/mol. The lowest BCUT2D eigenvalue weighted by molar-refractivity contribution is 0.611. The lowest BCUT2D eigenvalue weighted by Gasteiger charge is -2.25. The molecule has 0 unspecified atom stereocenters. The molecule has 3 rings (SSSR count). The summed E-state index contributed by atoms with van der Waals surface area (Å²) in [5, 5.41) is 0.0209. The normalized spacial score (nSPS) is 11.4. The van der Waals surface area contributed by atoms with Crippen molar-refractivity contribution in [3.05, 3.63) is 44.5 Å². The van der Waals surface area contributed by atoms with E-state index < -0.39 is 5.43 Å². The highest BCUT2D eigenvalue weighted by Crippen LogP contribution is 2.32. The first kappa shape index (κ1) is 19.0. The Bertz CT molecular complexity index is 931. The molecule has 0 spiro atoms. The minimum Gasteiger partial charge on any atom is -0.451 e. The van der Waals surface area contributed by atoms with Gasteiger partial charge in [-0.05, 0) is 31.0 Å². The highest BCUT2D eigenvalue weighted by molar-refractivity contribution is 6.36. The maximum absolute atomic E-state index is 12.0. The molecule has 0 atom stereocenters. The quantitative estimate of drug-likeness (QED) is 0.462. The van der Waals surface area contributed by atoms with Crippen LogP contribution in [-0.2, 0) is 0 Å². The topological polar surface area (TPSA) is 46.3 Å². The van der Waals surface area contributed by atoms with Crippen LogP contribution in [0.15, 0.2) is 33.5 Å². The SMILES string of the molecule is CCCCN(CCCC)c1ccc2nc3cc(Cl)c(=O)c(Cl)c-3oc2c1. The molecule has 0 amide bonds. The molecule has 138 valence electrons. The lowest BCUT2D eigenvalue weighted by Crippen LogP contribution is -2.25. The third-order valence-electron chi connectivity index (χ3n) is 4.44. The van der Waals surface area contributed by atoms with Crippen LogP contribution in [0, 0.1) is 0 Å². The maximum atomic E-state index is 12.0. The summed E-state index contributed by atoms with van der Waals surface area (Å²) >= 11 is 12.1. The van der Waals surface area contributed by atoms with E-state index in [1.165, 1.54) is 6.07 Å². The van der Waals surface area contributed by atoms with Crippen LogP contribution in [-0.4, -0.2) is 18.1 Å². The molecule has 0 aromatic heterocycles. The van der Waals surface area contributed by atoms with Crippen LogP contribution in [0.5, 0.6) is 0 Å². The van der Waals surface area contributed by atoms with Crippen molar-refractivity contribution in [1.29, 1.82) is 0 Å². The van der Waals surface area contributed by atoms with Crippen molar-refractivity contribution in [2.75, 3.05) is 18.0 Å². The number of aromatic nitrogens is 1. The third kappa shape index (κ3) is 3.81. The van der Waals surface area contributed by atoms with Gasteiger partial charge in [-0.3, -0.25) is 4.79 Å². The molecule has 4 nitrogen and oxygen atoms in total. The van der Waals surface area contributed by atoms with E-state index in [1.807, 2.05) is 12.1 Å². The molecule has 26 heavy (non-hydrogen) atoms. The van der Waals surface area contributed by atoms with Gasteiger partial charge < -0.3 is 9.32 Å². The van der Waals surface area contributed by atoms with Gasteiger partial charge in [0.25, 0.3) is 0 Å². The van der Waals surface area contributed by atoms with Crippen LogP contribution in [0.25, 0.3) is 22.6 Å². The molecule has 1 aromatic carbocycles. The minimum absolute atomic E-state index is 0.0267. The van der Waals surface area contributed by atoms with Gasteiger partial charge in [-0.25, -0.2) is 4.98 Å². The first-order valence-corrected chi connectivity index (χ1v) is 9.78. The average Bonchev–Trinajstić information content (AvgIpc) is 2.65. The number of unbranched alkanes of at least 4 members (excludes halogenated alkanes) is 2. The van der Waals surface area contributed by atoms with Gasteiger partial charge in [0.05, 0.1) is 5.02 Å². The fourth-order valence-electron chi connectivity index (χ4n) is 2.93. The number of fused-ring (bicyclic) bond motifs is 2. The first-order chi connectivity index (χ1) is 12.5. The summed E-state index contributed by atoms with van der Waals surface area (Å²) < 4.78 is 5.93. The molecule has 0 saturated heterocycles. The largest absolute Gasteiger partial charge is 0.451 e. The van der Waals surface area contributed by atoms with E-state index in [1.54, 1.807) is 0 Å². The van der Waals surface area contributed by atoms with Crippen molar-refractivity contribution >= 4 is 40.0 Å². The summed E-state index contributed by atoms with van der Waals surface area (Å²) in [6, 6.07) is 7.47. The second-order valence-corrected chi connectivity index (χ2v) is 7.19. The smallest absolute Gasteiger partial charge is 0.219 e. The van der Waals surface area contributed by atoms with Crippen molar-refractivity contribution in [3.8, 4) is 11.5 Å². The molecular formula is C20H22Cl2N2O2. The molecule has 0 radical (unpaired) electrons. The number of halogens is 2. The van der Waals surface area contributed by atoms with Crippen LogP contribution in [0.3, 0.4) is 0 Å². The predicted octanol–water partition coefficient (Wildman–Crippen LogP) is 6.01. The molecule has 1 heterocycles. The molecule has 2 aliphatic rings. The summed E-state index contributed by atoms with van der Waals surface area (Å²) in [4.78, 5) is 18.9. The fourth-order valence-corrected chi connectivity index (χ4v) is 3.42. The number of hydrogen-bond acceptors (Lipinski definition) is 4. The van der Waals surface area contributed by atoms with Crippen LogP contribution >= 0.6 is 23.2 Å². The molecule has 0 N–H and O–H groups in total. The van der Waals surface area contributed by atoms with Gasteiger partial charge in [-0.2, -0.15) is 0 Å². The number of anilines is 1. The Hall–Kier alpha value is -1.78. The zero-order valence-corrected chi connectivity index (χ0v) is 16.5. The number of benzene rings is 2. The number of rotatable bonds is 7. The standard InChI is InChI=1S/C20H22Cl2N2O2/c1-3-5-9-24(10-6-4-2)13-7-8-15-17(11-13)26-20-16(23-15)12-14(21)19(25)18(20)22/h7-8,11-12H,3-6,9-10H2,1-2H3. The van der Waals surface area contributed by atoms with E-state index in [0.717, 1.165) is 44.5 Å². The van der Waals surface area contributed by atoms with Crippen molar-refractivity contribution in [2.24, 2.45) is 0 Å². The van der Waals surface area contributed by atoms with E-state index in [2.05, 4.69) is 29.8 Å². The van der Waals surface area contributed by atoms with Crippen LogP contribution in [0.1, 0.15) is 39.5 Å². The van der Waals surface area contributed by atoms with Gasteiger partial charge >= 0.3 is 0 Å². The molecule has 0 saturated carbocycles. The fraction of sp³-hybridized carbons (Fsp3) is 0.400. The molecule has 6 heteroatoms. The third-order valence-corrected chi connectivity index (χ3v) is 5.06. The van der Waals surface area contributed by atoms with Crippen molar-refractivity contribution in [3.63, 3.8) is 0 Å². The molecule has 1 aliphatic heterocycles. The molecule has 0 bridgehead atoms. The monoisotopic (exact) mass is 392 g/mol. The average molecular weight is 393 g/mol. The Kier molecular flexibility index (Phi) is 6.05. The zero-order valence-electron chi connectivity index (χ0n) is 15.0. The van der Waals surface area contributed by atoms with E-state index in [9.17, 15) is 4.79 Å². The van der Waals surface area contributed by atoms with Crippen molar-refractivity contribution in [2.45, 2.75) is 39.5 Å². The molecule has 0 fully saturated rings. The maximum Gasteiger partial charge on any atom is 0.219 e. The summed E-state index contributed by atoms with van der Waals surface area (Å²) in [6.45, 7) is 6.39. The minimum atomic E-state index is -0.436.